The summed E-state index contributed by atoms with van der Waals surface area (Å²) in [6.07, 6.45) is 8.88. The van der Waals surface area contributed by atoms with Crippen LogP contribution in [0.1, 0.15) is 71.1 Å². The molecule has 0 aromatic heterocycles. The van der Waals surface area contributed by atoms with Gasteiger partial charge in [0.2, 0.25) is 11.8 Å². The molecular weight excluding hydrogens is 266 g/mol. The quantitative estimate of drug-likeness (QED) is 0.796. The van der Waals surface area contributed by atoms with E-state index in [1.807, 2.05) is 0 Å². The molecule has 1 saturated heterocycles. The average molecular weight is 293 g/mol. The summed E-state index contributed by atoms with van der Waals surface area (Å²) in [7, 11) is 0. The third kappa shape index (κ3) is 2.75. The first kappa shape index (κ1) is 15.0. The molecule has 118 valence electrons. The van der Waals surface area contributed by atoms with Crippen LogP contribution in [0.2, 0.25) is 0 Å². The first-order chi connectivity index (χ1) is 9.94. The number of aliphatic hydroxyl groups is 1. The molecule has 0 bridgehead atoms. The molecule has 0 aromatic carbocycles. The summed E-state index contributed by atoms with van der Waals surface area (Å²) in [6.45, 7) is 2.36. The minimum Gasteiger partial charge on any atom is -0.388 e. The zero-order valence-corrected chi connectivity index (χ0v) is 13.1. The Morgan fingerprint density at radius 2 is 1.86 bits per heavy atom. The molecule has 1 aliphatic heterocycles. The van der Waals surface area contributed by atoms with Crippen molar-refractivity contribution in [1.29, 1.82) is 0 Å². The van der Waals surface area contributed by atoms with Crippen LogP contribution in [0.4, 0.5) is 0 Å². The van der Waals surface area contributed by atoms with Crippen molar-refractivity contribution < 1.29 is 14.7 Å². The van der Waals surface area contributed by atoms with Crippen molar-refractivity contribution >= 4 is 11.8 Å². The second-order valence-corrected chi connectivity index (χ2v) is 7.73. The van der Waals surface area contributed by atoms with E-state index in [9.17, 15) is 14.7 Å². The number of carbonyl (C=O) groups excluding carboxylic acids is 2. The van der Waals surface area contributed by atoms with Crippen molar-refractivity contribution in [2.24, 2.45) is 11.3 Å². The molecule has 4 nitrogen and oxygen atoms in total. The largest absolute Gasteiger partial charge is 0.388 e. The van der Waals surface area contributed by atoms with E-state index >= 15 is 0 Å². The fourth-order valence-electron chi connectivity index (χ4n) is 4.71. The maximum absolute atomic E-state index is 12.8. The van der Waals surface area contributed by atoms with Crippen LogP contribution in [0.5, 0.6) is 0 Å². The van der Waals surface area contributed by atoms with Gasteiger partial charge in [-0.1, -0.05) is 39.0 Å². The topological polar surface area (TPSA) is 57.6 Å². The summed E-state index contributed by atoms with van der Waals surface area (Å²) < 4.78 is 0. The number of β-amino-alcohol motifs (C(OH)–C–C–N with tert-alkyl or cyclic N) is 1. The molecular formula is C17H27NO3. The standard InChI is InChI=1S/C17H27NO3/c1-13-6-5-9-17(21,10-13)12-18-14(19)11-16(15(18)20)7-3-2-4-8-16/h13,21H,2-12H2,1H3. The zero-order valence-electron chi connectivity index (χ0n) is 13.1. The maximum atomic E-state index is 12.8. The van der Waals surface area contributed by atoms with Crippen molar-refractivity contribution in [3.8, 4) is 0 Å². The minimum atomic E-state index is -0.858. The summed E-state index contributed by atoms with van der Waals surface area (Å²) in [6, 6.07) is 0. The van der Waals surface area contributed by atoms with Gasteiger partial charge in [0.05, 0.1) is 17.6 Å². The highest BCUT2D eigenvalue weighted by molar-refractivity contribution is 6.06. The third-order valence-electron chi connectivity index (χ3n) is 5.82. The Bertz CT molecular complexity index is 441. The van der Waals surface area contributed by atoms with E-state index < -0.39 is 11.0 Å². The van der Waals surface area contributed by atoms with Crippen LogP contribution in [-0.2, 0) is 9.59 Å². The van der Waals surface area contributed by atoms with Gasteiger partial charge in [-0.25, -0.2) is 0 Å². The fourth-order valence-corrected chi connectivity index (χ4v) is 4.71. The van der Waals surface area contributed by atoms with Crippen LogP contribution in [0, 0.1) is 11.3 Å². The molecule has 4 heteroatoms. The lowest BCUT2D eigenvalue weighted by atomic mass is 9.73. The number of amides is 2. The summed E-state index contributed by atoms with van der Waals surface area (Å²) >= 11 is 0. The van der Waals surface area contributed by atoms with Crippen LogP contribution in [0.15, 0.2) is 0 Å². The summed E-state index contributed by atoms with van der Waals surface area (Å²) in [5.74, 6) is 0.410. The molecule has 3 rings (SSSR count). The molecule has 2 saturated carbocycles. The first-order valence-corrected chi connectivity index (χ1v) is 8.51. The molecule has 2 unspecified atom stereocenters. The van der Waals surface area contributed by atoms with Gasteiger partial charge in [-0.2, -0.15) is 0 Å². The van der Waals surface area contributed by atoms with Gasteiger partial charge in [-0.05, 0) is 31.6 Å². The van der Waals surface area contributed by atoms with E-state index in [4.69, 9.17) is 0 Å². The smallest absolute Gasteiger partial charge is 0.236 e. The summed E-state index contributed by atoms with van der Waals surface area (Å²) in [5.41, 5.74) is -1.28. The van der Waals surface area contributed by atoms with Crippen LogP contribution < -0.4 is 0 Å². The Kier molecular flexibility index (Phi) is 3.85. The fraction of sp³-hybridized carbons (Fsp3) is 0.882. The number of likely N-dealkylation sites (tertiary alicyclic amines) is 1. The van der Waals surface area contributed by atoms with Gasteiger partial charge in [-0.3, -0.25) is 14.5 Å². The van der Waals surface area contributed by atoms with Crippen LogP contribution in [0.25, 0.3) is 0 Å². The predicted molar refractivity (Wildman–Crippen MR) is 79.4 cm³/mol. The van der Waals surface area contributed by atoms with Gasteiger partial charge in [0, 0.05) is 6.42 Å². The number of hydrogen-bond acceptors (Lipinski definition) is 3. The molecule has 2 atom stereocenters. The second kappa shape index (κ2) is 5.38. The SMILES string of the molecule is CC1CCCC(O)(CN2C(=O)CC3(CCCCC3)C2=O)C1. The van der Waals surface area contributed by atoms with E-state index in [0.29, 0.717) is 25.2 Å². The predicted octanol–water partition coefficient (Wildman–Crippen LogP) is 2.64. The van der Waals surface area contributed by atoms with Crippen LogP contribution >= 0.6 is 0 Å². The van der Waals surface area contributed by atoms with Gasteiger partial charge >= 0.3 is 0 Å². The molecule has 1 spiro atoms. The molecule has 2 amide bonds. The van der Waals surface area contributed by atoms with E-state index in [2.05, 4.69) is 6.92 Å². The van der Waals surface area contributed by atoms with Crippen LogP contribution in [0.3, 0.4) is 0 Å². The van der Waals surface area contributed by atoms with Crippen molar-refractivity contribution in [3.63, 3.8) is 0 Å². The van der Waals surface area contributed by atoms with Crippen molar-refractivity contribution in [2.75, 3.05) is 6.54 Å². The highest BCUT2D eigenvalue weighted by atomic mass is 16.3. The highest BCUT2D eigenvalue weighted by Crippen LogP contribution is 2.46. The second-order valence-electron chi connectivity index (χ2n) is 7.73. The van der Waals surface area contributed by atoms with Crippen molar-refractivity contribution in [3.05, 3.63) is 0 Å². The van der Waals surface area contributed by atoms with E-state index in [1.54, 1.807) is 0 Å². The molecule has 0 aromatic rings. The Labute approximate surface area is 126 Å². The van der Waals surface area contributed by atoms with Crippen molar-refractivity contribution in [1.82, 2.24) is 4.90 Å². The monoisotopic (exact) mass is 293 g/mol. The van der Waals surface area contributed by atoms with Gasteiger partial charge in [0.15, 0.2) is 0 Å². The molecule has 21 heavy (non-hydrogen) atoms. The van der Waals surface area contributed by atoms with E-state index in [-0.39, 0.29) is 18.4 Å². The number of nitrogens with zero attached hydrogens (tertiary/aromatic N) is 1. The van der Waals surface area contributed by atoms with E-state index in [0.717, 1.165) is 38.5 Å². The van der Waals surface area contributed by atoms with Gasteiger partial charge in [0.25, 0.3) is 0 Å². The number of hydrogen-bond donors (Lipinski definition) is 1. The lowest BCUT2D eigenvalue weighted by Crippen LogP contribution is -2.49. The lowest BCUT2D eigenvalue weighted by Gasteiger charge is -2.38. The average Bonchev–Trinajstić information content (AvgIpc) is 2.64. The summed E-state index contributed by atoms with van der Waals surface area (Å²) in [4.78, 5) is 26.5. The van der Waals surface area contributed by atoms with Crippen LogP contribution in [-0.4, -0.2) is 34.0 Å². The van der Waals surface area contributed by atoms with E-state index in [1.165, 1.54) is 11.3 Å². The zero-order chi connectivity index (χ0) is 15.1. The first-order valence-electron chi connectivity index (χ1n) is 8.51. The van der Waals surface area contributed by atoms with Gasteiger partial charge in [-0.15, -0.1) is 0 Å². The Balaban J connectivity index is 1.73. The number of rotatable bonds is 2. The molecule has 2 aliphatic carbocycles. The van der Waals surface area contributed by atoms with Crippen molar-refractivity contribution in [2.45, 2.75) is 76.7 Å². The van der Waals surface area contributed by atoms with Gasteiger partial charge < -0.3 is 5.11 Å². The minimum absolute atomic E-state index is 0.00106. The highest BCUT2D eigenvalue weighted by Gasteiger charge is 2.53. The Morgan fingerprint density at radius 1 is 1.14 bits per heavy atom. The normalized spacial score (nSPS) is 36.5. The Morgan fingerprint density at radius 3 is 2.52 bits per heavy atom. The maximum Gasteiger partial charge on any atom is 0.236 e. The number of carbonyl (C=O) groups is 2. The third-order valence-corrected chi connectivity index (χ3v) is 5.82. The summed E-state index contributed by atoms with van der Waals surface area (Å²) in [5, 5.41) is 10.8. The number of imide groups is 1. The molecule has 3 aliphatic rings. The molecule has 1 N–H and O–H groups in total. The Hall–Kier alpha value is -0.900. The molecule has 3 fully saturated rings. The van der Waals surface area contributed by atoms with Gasteiger partial charge in [0.1, 0.15) is 0 Å². The molecule has 0 radical (unpaired) electrons. The lowest BCUT2D eigenvalue weighted by molar-refractivity contribution is -0.147. The molecule has 1 heterocycles.